The molecule has 8 heteroatoms. The maximum atomic E-state index is 10.1. The van der Waals surface area contributed by atoms with Crippen LogP contribution in [0.25, 0.3) is 0 Å². The number of aliphatic hydroxyl groups excluding tert-OH is 2. The third-order valence-corrected chi connectivity index (χ3v) is 4.80. The second-order valence-electron chi connectivity index (χ2n) is 8.41. The molecule has 0 heterocycles. The summed E-state index contributed by atoms with van der Waals surface area (Å²) in [7, 11) is -0.497. The Morgan fingerprint density at radius 2 is 1.14 bits per heavy atom. The van der Waals surface area contributed by atoms with Crippen LogP contribution in [0, 0.1) is 0 Å². The molecule has 0 aromatic heterocycles. The van der Waals surface area contributed by atoms with Gasteiger partial charge < -0.3 is 29.4 Å². The first-order valence-corrected chi connectivity index (χ1v) is 12.5. The first-order chi connectivity index (χ1) is 13.0. The van der Waals surface area contributed by atoms with Gasteiger partial charge in [-0.25, -0.2) is 4.57 Å². The summed E-state index contributed by atoms with van der Waals surface area (Å²) in [6.45, 7) is 3.93. The van der Waals surface area contributed by atoms with Gasteiger partial charge in [0.2, 0.25) is 0 Å². The Labute approximate surface area is 172 Å². The minimum Gasteiger partial charge on any atom is -0.391 e. The standard InChI is InChI=1S/C20H44NO2.H3O4P/c1-4-5-6-7-8-9-10-11-12-13-14-15-16-20(23)19-21(2,3)17-18-22;1-5(2,3)4/h20,22-23H,4-19H2,1-3H3;(H3,1,2,3,4)/q+1;. The third kappa shape index (κ3) is 30.7. The third-order valence-electron chi connectivity index (χ3n) is 4.80. The molecule has 172 valence electrons. The highest BCUT2D eigenvalue weighted by atomic mass is 31.2. The number of aliphatic hydroxyl groups is 2. The zero-order chi connectivity index (χ0) is 21.9. The fourth-order valence-electron chi connectivity index (χ4n) is 3.24. The van der Waals surface area contributed by atoms with Gasteiger partial charge in [0.1, 0.15) is 19.2 Å². The van der Waals surface area contributed by atoms with Gasteiger partial charge in [0, 0.05) is 0 Å². The molecule has 0 aromatic rings. The van der Waals surface area contributed by atoms with E-state index >= 15 is 0 Å². The van der Waals surface area contributed by atoms with E-state index in [1.54, 1.807) is 0 Å². The van der Waals surface area contributed by atoms with Crippen LogP contribution in [-0.2, 0) is 4.57 Å². The lowest BCUT2D eigenvalue weighted by molar-refractivity contribution is -0.893. The average Bonchev–Trinajstić information content (AvgIpc) is 2.53. The van der Waals surface area contributed by atoms with Crippen LogP contribution in [-0.4, -0.2) is 69.3 Å². The molecule has 0 aliphatic heterocycles. The molecule has 7 nitrogen and oxygen atoms in total. The number of hydrogen-bond acceptors (Lipinski definition) is 3. The highest BCUT2D eigenvalue weighted by Gasteiger charge is 2.19. The van der Waals surface area contributed by atoms with Gasteiger partial charge in [-0.3, -0.25) is 0 Å². The number of nitrogens with zero attached hydrogens (tertiary/aromatic N) is 1. The molecule has 0 amide bonds. The Morgan fingerprint density at radius 1 is 0.786 bits per heavy atom. The van der Waals surface area contributed by atoms with E-state index in [4.69, 9.17) is 24.4 Å². The van der Waals surface area contributed by atoms with Crippen LogP contribution >= 0.6 is 7.82 Å². The van der Waals surface area contributed by atoms with Crippen LogP contribution in [0.4, 0.5) is 0 Å². The minimum absolute atomic E-state index is 0.193. The topological polar surface area (TPSA) is 118 Å². The van der Waals surface area contributed by atoms with E-state index < -0.39 is 7.82 Å². The van der Waals surface area contributed by atoms with Gasteiger partial charge in [0.05, 0.1) is 20.7 Å². The Morgan fingerprint density at radius 3 is 1.50 bits per heavy atom. The molecular formula is C20H47NO6P+. The molecule has 0 aliphatic carbocycles. The number of unbranched alkanes of at least 4 members (excludes halogenated alkanes) is 11. The van der Waals surface area contributed by atoms with Crippen molar-refractivity contribution in [2.24, 2.45) is 0 Å². The monoisotopic (exact) mass is 428 g/mol. The van der Waals surface area contributed by atoms with Crippen molar-refractivity contribution in [3.05, 3.63) is 0 Å². The average molecular weight is 429 g/mol. The zero-order valence-corrected chi connectivity index (χ0v) is 19.3. The number of hydrogen-bond donors (Lipinski definition) is 5. The summed E-state index contributed by atoms with van der Waals surface area (Å²) in [6, 6.07) is 0. The summed E-state index contributed by atoms with van der Waals surface area (Å²) >= 11 is 0. The molecule has 0 saturated carbocycles. The first-order valence-electron chi connectivity index (χ1n) is 10.9. The Kier molecular flexibility index (Phi) is 20.5. The van der Waals surface area contributed by atoms with Gasteiger partial charge in [-0.05, 0) is 6.42 Å². The van der Waals surface area contributed by atoms with Crippen LogP contribution in [0.5, 0.6) is 0 Å². The molecule has 0 bridgehead atoms. The fourth-order valence-corrected chi connectivity index (χ4v) is 3.24. The van der Waals surface area contributed by atoms with Crippen LogP contribution < -0.4 is 0 Å². The molecule has 0 aromatic carbocycles. The molecule has 0 saturated heterocycles. The summed E-state index contributed by atoms with van der Waals surface area (Å²) in [5, 5.41) is 19.1. The molecule has 0 aliphatic rings. The smallest absolute Gasteiger partial charge is 0.391 e. The van der Waals surface area contributed by atoms with Crippen LogP contribution in [0.2, 0.25) is 0 Å². The van der Waals surface area contributed by atoms with Crippen LogP contribution in [0.1, 0.15) is 90.4 Å². The molecule has 0 radical (unpaired) electrons. The highest BCUT2D eigenvalue weighted by Crippen LogP contribution is 2.25. The lowest BCUT2D eigenvalue weighted by Gasteiger charge is -2.31. The molecule has 5 N–H and O–H groups in total. The fraction of sp³-hybridized carbons (Fsp3) is 1.00. The Balaban J connectivity index is 0. The number of quaternary nitrogens is 1. The van der Waals surface area contributed by atoms with E-state index in [1.807, 2.05) is 0 Å². The van der Waals surface area contributed by atoms with E-state index in [-0.39, 0.29) is 12.7 Å². The second-order valence-corrected chi connectivity index (χ2v) is 9.44. The van der Waals surface area contributed by atoms with Crippen molar-refractivity contribution in [2.45, 2.75) is 96.5 Å². The molecule has 1 atom stereocenters. The Bertz CT molecular complexity index is 367. The van der Waals surface area contributed by atoms with E-state index in [1.165, 1.54) is 70.6 Å². The lowest BCUT2D eigenvalue weighted by Crippen LogP contribution is -2.47. The van der Waals surface area contributed by atoms with E-state index in [9.17, 15) is 5.11 Å². The molecule has 1 unspecified atom stereocenters. The predicted molar refractivity (Wildman–Crippen MR) is 115 cm³/mol. The van der Waals surface area contributed by atoms with Gasteiger partial charge in [0.25, 0.3) is 0 Å². The Hall–Kier alpha value is -0.0100. The number of phosphoric acid groups is 1. The molecular weight excluding hydrogens is 381 g/mol. The van der Waals surface area contributed by atoms with Gasteiger partial charge in [-0.2, -0.15) is 0 Å². The largest absolute Gasteiger partial charge is 0.466 e. The van der Waals surface area contributed by atoms with Crippen molar-refractivity contribution in [2.75, 3.05) is 33.8 Å². The maximum absolute atomic E-state index is 10.1. The quantitative estimate of drug-likeness (QED) is 0.137. The summed E-state index contributed by atoms with van der Waals surface area (Å²) in [4.78, 5) is 21.6. The summed E-state index contributed by atoms with van der Waals surface area (Å²) < 4.78 is 9.59. The van der Waals surface area contributed by atoms with E-state index in [0.717, 1.165) is 25.9 Å². The molecule has 0 spiro atoms. The van der Waals surface area contributed by atoms with Crippen molar-refractivity contribution in [3.63, 3.8) is 0 Å². The highest BCUT2D eigenvalue weighted by molar-refractivity contribution is 7.45. The van der Waals surface area contributed by atoms with Crippen molar-refractivity contribution >= 4 is 7.82 Å². The molecule has 0 fully saturated rings. The van der Waals surface area contributed by atoms with Crippen molar-refractivity contribution in [3.8, 4) is 0 Å². The normalized spacial score (nSPS) is 13.1. The SMILES string of the molecule is CCCCCCCCCCCCCCC(O)C[N+](C)(C)CCO.O=P(O)(O)O. The zero-order valence-electron chi connectivity index (χ0n) is 18.4. The van der Waals surface area contributed by atoms with Crippen LogP contribution in [0.3, 0.4) is 0 Å². The molecule has 28 heavy (non-hydrogen) atoms. The van der Waals surface area contributed by atoms with Gasteiger partial charge in [-0.15, -0.1) is 0 Å². The van der Waals surface area contributed by atoms with Gasteiger partial charge in [-0.1, -0.05) is 84.0 Å². The van der Waals surface area contributed by atoms with Gasteiger partial charge in [0.15, 0.2) is 0 Å². The molecule has 0 rings (SSSR count). The van der Waals surface area contributed by atoms with Crippen molar-refractivity contribution < 1.29 is 33.9 Å². The summed E-state index contributed by atoms with van der Waals surface area (Å²) in [5.41, 5.74) is 0. The van der Waals surface area contributed by atoms with E-state index in [0.29, 0.717) is 4.48 Å². The lowest BCUT2D eigenvalue weighted by atomic mass is 10.0. The number of rotatable bonds is 17. The summed E-state index contributed by atoms with van der Waals surface area (Å²) in [6.07, 6.45) is 17.0. The second kappa shape index (κ2) is 19.0. The van der Waals surface area contributed by atoms with E-state index in [2.05, 4.69) is 21.0 Å². The van der Waals surface area contributed by atoms with Gasteiger partial charge >= 0.3 is 7.82 Å². The maximum Gasteiger partial charge on any atom is 0.466 e. The van der Waals surface area contributed by atoms with Crippen LogP contribution in [0.15, 0.2) is 0 Å². The van der Waals surface area contributed by atoms with Crippen molar-refractivity contribution in [1.29, 1.82) is 0 Å². The minimum atomic E-state index is -4.64. The first kappa shape index (κ1) is 30.2. The van der Waals surface area contributed by atoms with Crippen molar-refractivity contribution in [1.82, 2.24) is 0 Å². The number of likely N-dealkylation sites (N-methyl/N-ethyl adjacent to an activating group) is 1. The summed E-state index contributed by atoms with van der Waals surface area (Å²) in [5.74, 6) is 0. The predicted octanol–water partition coefficient (Wildman–Crippen LogP) is 3.58.